The third kappa shape index (κ3) is 1.03. The van der Waals surface area contributed by atoms with Crippen molar-refractivity contribution < 1.29 is 5.11 Å². The highest BCUT2D eigenvalue weighted by atomic mass is 79.9. The second kappa shape index (κ2) is 1.73. The van der Waals surface area contributed by atoms with Crippen LogP contribution in [-0.4, -0.2) is 15.5 Å². The van der Waals surface area contributed by atoms with Crippen LogP contribution in [0, 0.1) is 5.41 Å². The van der Waals surface area contributed by atoms with Gasteiger partial charge in [-0.15, -0.1) is 0 Å². The first-order chi connectivity index (χ1) is 3.88. The topological polar surface area (TPSA) is 20.2 Å². The Hall–Kier alpha value is 0.440. The van der Waals surface area contributed by atoms with Crippen LogP contribution in [0.5, 0.6) is 0 Å². The Balaban J connectivity index is 2.64. The average Bonchev–Trinajstić information content (AvgIpc) is 2.13. The molecule has 0 aromatic heterocycles. The number of alkyl halides is 1. The van der Waals surface area contributed by atoms with Gasteiger partial charge in [0, 0.05) is 10.2 Å². The molecule has 2 atom stereocenters. The van der Waals surface area contributed by atoms with Crippen molar-refractivity contribution >= 4 is 15.9 Å². The van der Waals surface area contributed by atoms with Gasteiger partial charge in [0.15, 0.2) is 0 Å². The number of rotatable bonds is 1. The molecule has 9 heavy (non-hydrogen) atoms. The zero-order chi connectivity index (χ0) is 7.28. The Bertz CT molecular complexity index is 127. The van der Waals surface area contributed by atoms with Gasteiger partial charge in [0.1, 0.15) is 0 Å². The normalized spacial score (nSPS) is 43.0. The van der Waals surface area contributed by atoms with Crippen LogP contribution in [0.1, 0.15) is 27.2 Å². The summed E-state index contributed by atoms with van der Waals surface area (Å²) in [5, 5.41) is 9.56. The quantitative estimate of drug-likeness (QED) is 0.631. The number of aliphatic hydroxyl groups is 1. The van der Waals surface area contributed by atoms with Crippen LogP contribution in [0.4, 0.5) is 0 Å². The Kier molecular flexibility index (Phi) is 1.45. The second-order valence-corrected chi connectivity index (χ2v) is 4.75. The van der Waals surface area contributed by atoms with Gasteiger partial charge in [0.25, 0.3) is 0 Å². The van der Waals surface area contributed by atoms with Gasteiger partial charge in [-0.1, -0.05) is 22.9 Å². The summed E-state index contributed by atoms with van der Waals surface area (Å²) in [6, 6.07) is 0. The van der Waals surface area contributed by atoms with Crippen LogP contribution in [-0.2, 0) is 0 Å². The minimum Gasteiger partial charge on any atom is -0.390 e. The zero-order valence-corrected chi connectivity index (χ0v) is 7.70. The fourth-order valence-corrected chi connectivity index (χ4v) is 2.18. The molecule has 0 aliphatic heterocycles. The van der Waals surface area contributed by atoms with E-state index in [4.69, 9.17) is 0 Å². The highest BCUT2D eigenvalue weighted by Gasteiger charge is 2.57. The molecule has 0 spiro atoms. The first-order valence-electron chi connectivity index (χ1n) is 3.24. The van der Waals surface area contributed by atoms with E-state index in [1.54, 1.807) is 0 Å². The molecule has 1 fully saturated rings. The molecule has 54 valence electrons. The minimum absolute atomic E-state index is 0.118. The summed E-state index contributed by atoms with van der Waals surface area (Å²) in [5.74, 6) is 0. The Morgan fingerprint density at radius 1 is 1.67 bits per heavy atom. The molecule has 0 radical (unpaired) electrons. The predicted octanol–water partition coefficient (Wildman–Crippen LogP) is 1.93. The lowest BCUT2D eigenvalue weighted by atomic mass is 9.90. The van der Waals surface area contributed by atoms with Crippen molar-refractivity contribution in [1.82, 2.24) is 0 Å². The van der Waals surface area contributed by atoms with Crippen LogP contribution >= 0.6 is 15.9 Å². The summed E-state index contributed by atoms with van der Waals surface area (Å²) >= 11 is 3.48. The van der Waals surface area contributed by atoms with E-state index < -0.39 is 5.60 Å². The third-order valence-electron chi connectivity index (χ3n) is 2.53. The number of hydrogen-bond acceptors (Lipinski definition) is 1. The van der Waals surface area contributed by atoms with Crippen molar-refractivity contribution in [3.63, 3.8) is 0 Å². The largest absolute Gasteiger partial charge is 0.390 e. The Morgan fingerprint density at radius 3 is 2.00 bits per heavy atom. The highest BCUT2D eigenvalue weighted by Crippen LogP contribution is 2.57. The average molecular weight is 193 g/mol. The SMILES string of the molecule is CC(C)(O)C1(C)CC1Br. The van der Waals surface area contributed by atoms with E-state index >= 15 is 0 Å². The summed E-state index contributed by atoms with van der Waals surface area (Å²) in [6.07, 6.45) is 1.09. The first kappa shape index (κ1) is 7.55. The van der Waals surface area contributed by atoms with E-state index in [0.29, 0.717) is 4.83 Å². The van der Waals surface area contributed by atoms with Gasteiger partial charge in [-0.25, -0.2) is 0 Å². The van der Waals surface area contributed by atoms with Gasteiger partial charge < -0.3 is 5.11 Å². The molecule has 0 aromatic carbocycles. The molecule has 1 aliphatic carbocycles. The van der Waals surface area contributed by atoms with Gasteiger partial charge in [0.2, 0.25) is 0 Å². The van der Waals surface area contributed by atoms with Crippen LogP contribution in [0.25, 0.3) is 0 Å². The lowest BCUT2D eigenvalue weighted by Gasteiger charge is -2.25. The summed E-state index contributed by atoms with van der Waals surface area (Å²) < 4.78 is 0. The minimum atomic E-state index is -0.527. The molecular formula is C7H13BrO. The highest BCUT2D eigenvalue weighted by molar-refractivity contribution is 9.09. The van der Waals surface area contributed by atoms with Gasteiger partial charge in [0.05, 0.1) is 5.60 Å². The van der Waals surface area contributed by atoms with E-state index in [1.807, 2.05) is 13.8 Å². The van der Waals surface area contributed by atoms with Crippen molar-refractivity contribution in [2.45, 2.75) is 37.6 Å². The first-order valence-corrected chi connectivity index (χ1v) is 4.16. The molecule has 0 bridgehead atoms. The molecule has 1 saturated carbocycles. The Morgan fingerprint density at radius 2 is 2.00 bits per heavy atom. The predicted molar refractivity (Wildman–Crippen MR) is 41.7 cm³/mol. The molecule has 0 amide bonds. The monoisotopic (exact) mass is 192 g/mol. The van der Waals surface area contributed by atoms with Gasteiger partial charge in [-0.05, 0) is 20.3 Å². The van der Waals surface area contributed by atoms with Crippen LogP contribution in [0.3, 0.4) is 0 Å². The van der Waals surface area contributed by atoms with Crippen molar-refractivity contribution in [3.8, 4) is 0 Å². The lowest BCUT2D eigenvalue weighted by molar-refractivity contribution is 0.0124. The maximum atomic E-state index is 9.56. The molecule has 1 aliphatic rings. The molecule has 0 saturated heterocycles. The smallest absolute Gasteiger partial charge is 0.0656 e. The number of hydrogen-bond donors (Lipinski definition) is 1. The summed E-state index contributed by atoms with van der Waals surface area (Å²) in [6.45, 7) is 5.84. The fourth-order valence-electron chi connectivity index (χ4n) is 0.946. The summed E-state index contributed by atoms with van der Waals surface area (Å²) in [4.78, 5) is 0.519. The van der Waals surface area contributed by atoms with Crippen molar-refractivity contribution in [2.24, 2.45) is 5.41 Å². The van der Waals surface area contributed by atoms with E-state index in [0.717, 1.165) is 6.42 Å². The van der Waals surface area contributed by atoms with E-state index in [9.17, 15) is 5.11 Å². The standard InChI is InChI=1S/C7H13BrO/c1-6(2,9)7(3)4-5(7)8/h5,9H,4H2,1-3H3. The van der Waals surface area contributed by atoms with Gasteiger partial charge in [-0.2, -0.15) is 0 Å². The summed E-state index contributed by atoms with van der Waals surface area (Å²) in [5.41, 5.74) is -0.409. The second-order valence-electron chi connectivity index (χ2n) is 3.65. The lowest BCUT2D eigenvalue weighted by Crippen LogP contribution is -2.31. The van der Waals surface area contributed by atoms with Gasteiger partial charge >= 0.3 is 0 Å². The molecule has 1 rings (SSSR count). The van der Waals surface area contributed by atoms with Crippen LogP contribution < -0.4 is 0 Å². The molecule has 2 unspecified atom stereocenters. The number of halogens is 1. The molecule has 1 nitrogen and oxygen atoms in total. The molecule has 1 N–H and O–H groups in total. The van der Waals surface area contributed by atoms with Gasteiger partial charge in [-0.3, -0.25) is 0 Å². The maximum absolute atomic E-state index is 9.56. The molecule has 0 heterocycles. The fraction of sp³-hybridized carbons (Fsp3) is 1.00. The molecule has 0 aromatic rings. The van der Waals surface area contributed by atoms with Crippen molar-refractivity contribution in [1.29, 1.82) is 0 Å². The molecule has 2 heteroatoms. The van der Waals surface area contributed by atoms with E-state index in [1.165, 1.54) is 0 Å². The van der Waals surface area contributed by atoms with Crippen molar-refractivity contribution in [3.05, 3.63) is 0 Å². The Labute approximate surface area is 64.6 Å². The van der Waals surface area contributed by atoms with Crippen molar-refractivity contribution in [2.75, 3.05) is 0 Å². The van der Waals surface area contributed by atoms with E-state index in [-0.39, 0.29) is 5.41 Å². The van der Waals surface area contributed by atoms with Crippen LogP contribution in [0.2, 0.25) is 0 Å². The van der Waals surface area contributed by atoms with E-state index in [2.05, 4.69) is 22.9 Å². The third-order valence-corrected chi connectivity index (χ3v) is 3.87. The van der Waals surface area contributed by atoms with Crippen LogP contribution in [0.15, 0.2) is 0 Å². The zero-order valence-electron chi connectivity index (χ0n) is 6.11. The molecular weight excluding hydrogens is 180 g/mol. The maximum Gasteiger partial charge on any atom is 0.0656 e. The summed E-state index contributed by atoms with van der Waals surface area (Å²) in [7, 11) is 0.